The molecule has 0 saturated heterocycles. The second-order valence-electron chi connectivity index (χ2n) is 5.70. The zero-order valence-corrected chi connectivity index (χ0v) is 14.4. The fourth-order valence-electron chi connectivity index (χ4n) is 2.19. The van der Waals surface area contributed by atoms with Crippen LogP contribution in [0.15, 0.2) is 36.3 Å². The first-order valence-corrected chi connectivity index (χ1v) is 8.09. The first-order valence-electron chi connectivity index (χ1n) is 8.09. The quantitative estimate of drug-likeness (QED) is 0.290. The van der Waals surface area contributed by atoms with Gasteiger partial charge in [0.2, 0.25) is 5.91 Å². The Kier molecular flexibility index (Phi) is 11.0. The van der Waals surface area contributed by atoms with Crippen LogP contribution in [-0.4, -0.2) is 24.1 Å². The minimum atomic E-state index is -0.356. The number of aliphatic hydroxyl groups is 1. The van der Waals surface area contributed by atoms with Gasteiger partial charge in [0, 0.05) is 19.2 Å². The molecule has 0 radical (unpaired) electrons. The van der Waals surface area contributed by atoms with Crippen LogP contribution >= 0.6 is 0 Å². The van der Waals surface area contributed by atoms with Gasteiger partial charge in [0.15, 0.2) is 0 Å². The fourth-order valence-corrected chi connectivity index (χ4v) is 2.19. The van der Waals surface area contributed by atoms with Gasteiger partial charge in [-0.15, -0.1) is 6.58 Å². The summed E-state index contributed by atoms with van der Waals surface area (Å²) >= 11 is 0. The summed E-state index contributed by atoms with van der Waals surface area (Å²) in [5, 5.41) is 15.6. The molecule has 0 bridgehead atoms. The molecular formula is C18H32N2O2. The van der Waals surface area contributed by atoms with E-state index in [1.807, 2.05) is 14.0 Å². The number of nitrogens with one attached hydrogen (secondary N) is 2. The van der Waals surface area contributed by atoms with E-state index in [4.69, 9.17) is 0 Å². The van der Waals surface area contributed by atoms with E-state index in [1.165, 1.54) is 0 Å². The zero-order chi connectivity index (χ0) is 17.0. The molecule has 3 N–H and O–H groups in total. The first-order chi connectivity index (χ1) is 10.4. The standard InChI is InChI=1S/C18H32N2O2/c1-6-9-16(19-5)12-13-18(22)20-17(15(4)21)11-8-7-10-14(2)3/h9,17,19,21H,2,4,6-8,10-13H2,1,3,5H3,(H,20,22)/b16-9-. The highest BCUT2D eigenvalue weighted by Crippen LogP contribution is 2.12. The monoisotopic (exact) mass is 308 g/mol. The van der Waals surface area contributed by atoms with E-state index in [9.17, 15) is 9.90 Å². The summed E-state index contributed by atoms with van der Waals surface area (Å²) in [5.74, 6) is -0.0287. The second kappa shape index (κ2) is 11.9. The van der Waals surface area contributed by atoms with Crippen LogP contribution in [0.2, 0.25) is 0 Å². The van der Waals surface area contributed by atoms with E-state index >= 15 is 0 Å². The average Bonchev–Trinajstić information content (AvgIpc) is 2.46. The number of rotatable bonds is 12. The van der Waals surface area contributed by atoms with Gasteiger partial charge in [0.1, 0.15) is 5.76 Å². The fraction of sp³-hybridized carbons (Fsp3) is 0.611. The van der Waals surface area contributed by atoms with Crippen molar-refractivity contribution >= 4 is 5.91 Å². The van der Waals surface area contributed by atoms with E-state index in [0.717, 1.165) is 37.0 Å². The molecule has 0 aromatic carbocycles. The molecule has 0 aliphatic heterocycles. The number of carbonyl (C=O) groups is 1. The summed E-state index contributed by atoms with van der Waals surface area (Å²) in [6.45, 7) is 11.5. The molecule has 0 aliphatic carbocycles. The van der Waals surface area contributed by atoms with E-state index in [1.54, 1.807) is 0 Å². The second-order valence-corrected chi connectivity index (χ2v) is 5.70. The molecular weight excluding hydrogens is 276 g/mol. The van der Waals surface area contributed by atoms with Gasteiger partial charge in [-0.3, -0.25) is 4.79 Å². The highest BCUT2D eigenvalue weighted by atomic mass is 16.3. The van der Waals surface area contributed by atoms with Gasteiger partial charge < -0.3 is 15.7 Å². The molecule has 22 heavy (non-hydrogen) atoms. The van der Waals surface area contributed by atoms with Crippen LogP contribution in [0.4, 0.5) is 0 Å². The minimum absolute atomic E-state index is 0.0293. The maximum Gasteiger partial charge on any atom is 0.220 e. The Morgan fingerprint density at radius 3 is 2.41 bits per heavy atom. The summed E-state index contributed by atoms with van der Waals surface area (Å²) in [5.41, 5.74) is 2.23. The highest BCUT2D eigenvalue weighted by Gasteiger charge is 2.15. The topological polar surface area (TPSA) is 61.4 Å². The predicted octanol–water partition coefficient (Wildman–Crippen LogP) is 3.97. The van der Waals surface area contributed by atoms with Gasteiger partial charge in [0.25, 0.3) is 0 Å². The number of carbonyl (C=O) groups excluding carboxylic acids is 1. The molecule has 4 nitrogen and oxygen atoms in total. The number of hydrogen-bond acceptors (Lipinski definition) is 3. The maximum absolute atomic E-state index is 12.0. The molecule has 0 spiro atoms. The van der Waals surface area contributed by atoms with E-state index in [0.29, 0.717) is 19.3 Å². The zero-order valence-electron chi connectivity index (χ0n) is 14.4. The van der Waals surface area contributed by atoms with Gasteiger partial charge in [0.05, 0.1) is 6.04 Å². The predicted molar refractivity (Wildman–Crippen MR) is 93.6 cm³/mol. The SMILES string of the molecule is C=C(C)CCCCC(NC(=O)CC/C(=C/CC)NC)C(=C)O. The van der Waals surface area contributed by atoms with Gasteiger partial charge in [-0.25, -0.2) is 0 Å². The Bertz CT molecular complexity index is 400. The van der Waals surface area contributed by atoms with Crippen LogP contribution < -0.4 is 10.6 Å². The Morgan fingerprint density at radius 1 is 1.23 bits per heavy atom. The number of unbranched alkanes of at least 4 members (excludes halogenated alkanes) is 1. The van der Waals surface area contributed by atoms with Crippen molar-refractivity contribution in [3.05, 3.63) is 36.3 Å². The van der Waals surface area contributed by atoms with Crippen LogP contribution in [0, 0.1) is 0 Å². The van der Waals surface area contributed by atoms with Crippen molar-refractivity contribution in [3.63, 3.8) is 0 Å². The Hall–Kier alpha value is -1.71. The highest BCUT2D eigenvalue weighted by molar-refractivity contribution is 5.76. The lowest BCUT2D eigenvalue weighted by Crippen LogP contribution is -2.36. The summed E-state index contributed by atoms with van der Waals surface area (Å²) in [6, 6.07) is -0.356. The van der Waals surface area contributed by atoms with Crippen molar-refractivity contribution in [2.75, 3.05) is 7.05 Å². The molecule has 0 aromatic rings. The smallest absolute Gasteiger partial charge is 0.220 e. The summed E-state index contributed by atoms with van der Waals surface area (Å²) in [4.78, 5) is 12.0. The Balaban J connectivity index is 4.21. The van der Waals surface area contributed by atoms with Crippen molar-refractivity contribution in [2.45, 2.75) is 64.8 Å². The van der Waals surface area contributed by atoms with E-state index in [2.05, 4.69) is 36.8 Å². The third-order valence-corrected chi connectivity index (χ3v) is 3.48. The first kappa shape index (κ1) is 20.3. The van der Waals surface area contributed by atoms with Gasteiger partial charge >= 0.3 is 0 Å². The van der Waals surface area contributed by atoms with E-state index < -0.39 is 0 Å². The lowest BCUT2D eigenvalue weighted by molar-refractivity contribution is -0.121. The number of allylic oxidation sites excluding steroid dienone is 3. The van der Waals surface area contributed by atoms with Crippen molar-refractivity contribution in [3.8, 4) is 0 Å². The van der Waals surface area contributed by atoms with Crippen LogP contribution in [0.1, 0.15) is 58.8 Å². The summed E-state index contributed by atoms with van der Waals surface area (Å²) in [6.07, 6.45) is 7.72. The van der Waals surface area contributed by atoms with Crippen LogP contribution in [0.25, 0.3) is 0 Å². The van der Waals surface area contributed by atoms with Crippen LogP contribution in [0.3, 0.4) is 0 Å². The Morgan fingerprint density at radius 2 is 1.91 bits per heavy atom. The molecule has 0 saturated carbocycles. The number of hydrogen-bond donors (Lipinski definition) is 3. The molecule has 1 atom stereocenters. The molecule has 1 amide bonds. The van der Waals surface area contributed by atoms with Crippen LogP contribution in [0.5, 0.6) is 0 Å². The van der Waals surface area contributed by atoms with Crippen molar-refractivity contribution in [1.29, 1.82) is 0 Å². The van der Waals surface area contributed by atoms with E-state index in [-0.39, 0.29) is 17.7 Å². The van der Waals surface area contributed by atoms with Gasteiger partial charge in [-0.2, -0.15) is 0 Å². The molecule has 0 heterocycles. The molecule has 0 aliphatic rings. The Labute approximate surface area is 135 Å². The van der Waals surface area contributed by atoms with Gasteiger partial charge in [-0.1, -0.05) is 31.6 Å². The van der Waals surface area contributed by atoms with Crippen molar-refractivity contribution in [2.24, 2.45) is 0 Å². The third kappa shape index (κ3) is 10.1. The molecule has 4 heteroatoms. The van der Waals surface area contributed by atoms with Crippen molar-refractivity contribution in [1.82, 2.24) is 10.6 Å². The lowest BCUT2D eigenvalue weighted by Gasteiger charge is -2.18. The van der Waals surface area contributed by atoms with Crippen molar-refractivity contribution < 1.29 is 9.90 Å². The maximum atomic E-state index is 12.0. The molecule has 0 rings (SSSR count). The van der Waals surface area contributed by atoms with Crippen LogP contribution in [-0.2, 0) is 4.79 Å². The third-order valence-electron chi connectivity index (χ3n) is 3.48. The molecule has 0 aromatic heterocycles. The molecule has 0 fully saturated rings. The summed E-state index contributed by atoms with van der Waals surface area (Å²) < 4.78 is 0. The average molecular weight is 308 g/mol. The number of aliphatic hydroxyl groups excluding tert-OH is 1. The normalized spacial score (nSPS) is 12.6. The minimum Gasteiger partial charge on any atom is -0.511 e. The summed E-state index contributed by atoms with van der Waals surface area (Å²) in [7, 11) is 1.86. The van der Waals surface area contributed by atoms with Gasteiger partial charge in [-0.05, 0) is 39.0 Å². The largest absolute Gasteiger partial charge is 0.511 e. The molecule has 126 valence electrons. The number of amides is 1. The molecule has 1 unspecified atom stereocenters. The lowest BCUT2D eigenvalue weighted by atomic mass is 10.0.